The number of carbonyl (C=O) groups is 2. The van der Waals surface area contributed by atoms with Gasteiger partial charge in [-0.05, 0) is 18.1 Å². The molecule has 0 unspecified atom stereocenters. The molecule has 5 nitrogen and oxygen atoms in total. The van der Waals surface area contributed by atoms with Gasteiger partial charge in [-0.2, -0.15) is 0 Å². The first-order chi connectivity index (χ1) is 10.9. The first-order valence-corrected chi connectivity index (χ1v) is 7.97. The molecule has 2 rings (SSSR count). The standard InChI is InChI=1S/C16H17FN2O3S/c1-9(2)14(16(21)22)19-13(20)7-12-8-23-15(18-12)10-4-3-5-11(17)6-10/h3-6,8-9,14H,7H2,1-2H3,(H,19,20)(H,21,22)/t14-/m0/s1. The Hall–Kier alpha value is -2.28. The van der Waals surface area contributed by atoms with E-state index in [0.717, 1.165) is 0 Å². The van der Waals surface area contributed by atoms with Crippen LogP contribution in [-0.2, 0) is 16.0 Å². The molecule has 0 fully saturated rings. The van der Waals surface area contributed by atoms with Gasteiger partial charge in [0.1, 0.15) is 16.9 Å². The Morgan fingerprint density at radius 3 is 2.74 bits per heavy atom. The largest absolute Gasteiger partial charge is 0.480 e. The maximum absolute atomic E-state index is 13.2. The second-order valence-corrected chi connectivity index (χ2v) is 6.32. The minimum Gasteiger partial charge on any atom is -0.480 e. The Morgan fingerprint density at radius 1 is 1.39 bits per heavy atom. The van der Waals surface area contributed by atoms with Crippen LogP contribution < -0.4 is 5.32 Å². The number of nitrogens with zero attached hydrogens (tertiary/aromatic N) is 1. The van der Waals surface area contributed by atoms with E-state index in [2.05, 4.69) is 10.3 Å². The van der Waals surface area contributed by atoms with Crippen molar-refractivity contribution in [3.05, 3.63) is 41.2 Å². The number of carboxylic acid groups (broad SMARTS) is 1. The van der Waals surface area contributed by atoms with Crippen LogP contribution in [0.5, 0.6) is 0 Å². The summed E-state index contributed by atoms with van der Waals surface area (Å²) in [6, 6.07) is 5.14. The molecule has 0 radical (unpaired) electrons. The monoisotopic (exact) mass is 336 g/mol. The van der Waals surface area contributed by atoms with Crippen molar-refractivity contribution >= 4 is 23.2 Å². The molecule has 1 aromatic carbocycles. The molecule has 2 N–H and O–H groups in total. The molecule has 122 valence electrons. The van der Waals surface area contributed by atoms with E-state index in [1.54, 1.807) is 31.4 Å². The van der Waals surface area contributed by atoms with Gasteiger partial charge >= 0.3 is 5.97 Å². The first-order valence-electron chi connectivity index (χ1n) is 7.09. The summed E-state index contributed by atoms with van der Waals surface area (Å²) in [5.74, 6) is -2.03. The Balaban J connectivity index is 2.04. The Kier molecular flexibility index (Phi) is 5.44. The lowest BCUT2D eigenvalue weighted by Crippen LogP contribution is -2.44. The van der Waals surface area contributed by atoms with Crippen LogP contribution in [-0.4, -0.2) is 28.0 Å². The number of benzene rings is 1. The third-order valence-corrected chi connectivity index (χ3v) is 4.15. The number of halogens is 1. The highest BCUT2D eigenvalue weighted by molar-refractivity contribution is 7.13. The van der Waals surface area contributed by atoms with Crippen molar-refractivity contribution in [1.82, 2.24) is 10.3 Å². The SMILES string of the molecule is CC(C)[C@H](NC(=O)Cc1csc(-c2cccc(F)c2)n1)C(=O)O. The molecule has 1 atom stereocenters. The number of hydrogen-bond acceptors (Lipinski definition) is 4. The van der Waals surface area contributed by atoms with E-state index >= 15 is 0 Å². The number of hydrogen-bond donors (Lipinski definition) is 2. The highest BCUT2D eigenvalue weighted by Gasteiger charge is 2.23. The maximum atomic E-state index is 13.2. The number of nitrogens with one attached hydrogen (secondary N) is 1. The Labute approximate surface area is 137 Å². The van der Waals surface area contributed by atoms with Gasteiger partial charge in [-0.25, -0.2) is 14.2 Å². The fourth-order valence-corrected chi connectivity index (χ4v) is 2.86. The molecule has 0 aliphatic rings. The van der Waals surface area contributed by atoms with E-state index in [1.165, 1.54) is 23.5 Å². The molecule has 23 heavy (non-hydrogen) atoms. The molecular weight excluding hydrogens is 319 g/mol. The molecule has 0 bridgehead atoms. The number of aromatic nitrogens is 1. The summed E-state index contributed by atoms with van der Waals surface area (Å²) in [6.45, 7) is 3.45. The summed E-state index contributed by atoms with van der Waals surface area (Å²) in [6.07, 6.45) is -0.0116. The van der Waals surface area contributed by atoms with Crippen molar-refractivity contribution in [1.29, 1.82) is 0 Å². The molecule has 0 saturated carbocycles. The fourth-order valence-electron chi connectivity index (χ4n) is 2.04. The Morgan fingerprint density at radius 2 is 2.13 bits per heavy atom. The number of carbonyl (C=O) groups excluding carboxylic acids is 1. The highest BCUT2D eigenvalue weighted by Crippen LogP contribution is 2.24. The number of amides is 1. The van der Waals surface area contributed by atoms with Gasteiger partial charge in [-0.1, -0.05) is 26.0 Å². The highest BCUT2D eigenvalue weighted by atomic mass is 32.1. The molecule has 2 aromatic rings. The Bertz CT molecular complexity index is 715. The van der Waals surface area contributed by atoms with Crippen molar-refractivity contribution in [3.63, 3.8) is 0 Å². The van der Waals surface area contributed by atoms with Crippen molar-refractivity contribution < 1.29 is 19.1 Å². The number of aliphatic carboxylic acids is 1. The molecule has 1 aromatic heterocycles. The smallest absolute Gasteiger partial charge is 0.326 e. The van der Waals surface area contributed by atoms with Crippen molar-refractivity contribution in [3.8, 4) is 10.6 Å². The zero-order valence-corrected chi connectivity index (χ0v) is 13.6. The average Bonchev–Trinajstić information content (AvgIpc) is 2.92. The second kappa shape index (κ2) is 7.32. The van der Waals surface area contributed by atoms with Gasteiger partial charge in [0, 0.05) is 10.9 Å². The number of carboxylic acids is 1. The quantitative estimate of drug-likeness (QED) is 0.850. The van der Waals surface area contributed by atoms with Crippen molar-refractivity contribution in [2.24, 2.45) is 5.92 Å². The van der Waals surface area contributed by atoms with E-state index in [-0.39, 0.29) is 18.2 Å². The van der Waals surface area contributed by atoms with Crippen molar-refractivity contribution in [2.45, 2.75) is 26.3 Å². The van der Waals surface area contributed by atoms with Gasteiger partial charge in [0.05, 0.1) is 12.1 Å². The summed E-state index contributed by atoms with van der Waals surface area (Å²) in [5, 5.41) is 13.9. The van der Waals surface area contributed by atoms with Crippen LogP contribution in [0.2, 0.25) is 0 Å². The van der Waals surface area contributed by atoms with E-state index in [1.807, 2.05) is 0 Å². The summed E-state index contributed by atoms with van der Waals surface area (Å²) < 4.78 is 13.2. The predicted molar refractivity (Wildman–Crippen MR) is 85.6 cm³/mol. The van der Waals surface area contributed by atoms with Crippen LogP contribution in [0.25, 0.3) is 10.6 Å². The van der Waals surface area contributed by atoms with E-state index in [4.69, 9.17) is 5.11 Å². The van der Waals surface area contributed by atoms with Gasteiger partial charge in [-0.15, -0.1) is 11.3 Å². The summed E-state index contributed by atoms with van der Waals surface area (Å²) in [7, 11) is 0. The minimum atomic E-state index is -1.06. The van der Waals surface area contributed by atoms with Gasteiger partial charge in [-0.3, -0.25) is 4.79 Å². The summed E-state index contributed by atoms with van der Waals surface area (Å²) >= 11 is 1.31. The fraction of sp³-hybridized carbons (Fsp3) is 0.312. The molecule has 7 heteroatoms. The lowest BCUT2D eigenvalue weighted by molar-refractivity contribution is -0.143. The maximum Gasteiger partial charge on any atom is 0.326 e. The molecule has 0 spiro atoms. The molecule has 1 amide bonds. The minimum absolute atomic E-state index is 0.0116. The van der Waals surface area contributed by atoms with Gasteiger partial charge in [0.2, 0.25) is 5.91 Å². The van der Waals surface area contributed by atoms with E-state index in [9.17, 15) is 14.0 Å². The molecule has 0 aliphatic carbocycles. The number of thiazole rings is 1. The zero-order chi connectivity index (χ0) is 17.0. The van der Waals surface area contributed by atoms with Crippen LogP contribution in [0, 0.1) is 11.7 Å². The summed E-state index contributed by atoms with van der Waals surface area (Å²) in [4.78, 5) is 27.4. The normalized spacial score (nSPS) is 12.2. The number of rotatable bonds is 6. The van der Waals surface area contributed by atoms with Crippen LogP contribution in [0.1, 0.15) is 19.5 Å². The van der Waals surface area contributed by atoms with Crippen LogP contribution in [0.4, 0.5) is 4.39 Å². The average molecular weight is 336 g/mol. The lowest BCUT2D eigenvalue weighted by atomic mass is 10.0. The molecule has 1 heterocycles. The summed E-state index contributed by atoms with van der Waals surface area (Å²) in [5.41, 5.74) is 1.17. The van der Waals surface area contributed by atoms with Crippen LogP contribution in [0.15, 0.2) is 29.6 Å². The third-order valence-electron chi connectivity index (χ3n) is 3.21. The second-order valence-electron chi connectivity index (χ2n) is 5.46. The molecular formula is C16H17FN2O3S. The van der Waals surface area contributed by atoms with Gasteiger partial charge < -0.3 is 10.4 Å². The lowest BCUT2D eigenvalue weighted by Gasteiger charge is -2.17. The van der Waals surface area contributed by atoms with Gasteiger partial charge in [0.15, 0.2) is 0 Å². The van der Waals surface area contributed by atoms with Crippen LogP contribution >= 0.6 is 11.3 Å². The predicted octanol–water partition coefficient (Wildman–Crippen LogP) is 2.72. The van der Waals surface area contributed by atoms with Crippen molar-refractivity contribution in [2.75, 3.05) is 0 Å². The zero-order valence-electron chi connectivity index (χ0n) is 12.7. The molecule has 0 saturated heterocycles. The first kappa shape index (κ1) is 17.1. The topological polar surface area (TPSA) is 79.3 Å². The molecule has 0 aliphatic heterocycles. The third kappa shape index (κ3) is 4.59. The van der Waals surface area contributed by atoms with Crippen LogP contribution in [0.3, 0.4) is 0 Å². The van der Waals surface area contributed by atoms with Gasteiger partial charge in [0.25, 0.3) is 0 Å². The van der Waals surface area contributed by atoms with E-state index < -0.39 is 17.9 Å². The van der Waals surface area contributed by atoms with E-state index in [0.29, 0.717) is 16.3 Å².